The molecule has 2 aromatic heterocycles. The van der Waals surface area contributed by atoms with Crippen LogP contribution in [-0.4, -0.2) is 44.1 Å². The molecule has 11 nitrogen and oxygen atoms in total. The Morgan fingerprint density at radius 3 is 2.53 bits per heavy atom. The molecule has 2 aromatic rings. The third-order valence-electron chi connectivity index (χ3n) is 4.66. The van der Waals surface area contributed by atoms with Gasteiger partial charge in [-0.05, 0) is 26.2 Å². The van der Waals surface area contributed by atoms with E-state index in [0.717, 1.165) is 11.8 Å². The number of methoxy groups -OCH3 is 1. The number of pyridine rings is 1. The second-order valence-electron chi connectivity index (χ2n) is 7.35. The van der Waals surface area contributed by atoms with Crippen LogP contribution in [0.5, 0.6) is 5.75 Å². The van der Waals surface area contributed by atoms with Crippen LogP contribution < -0.4 is 15.4 Å². The van der Waals surface area contributed by atoms with Gasteiger partial charge in [0, 0.05) is 17.3 Å². The number of carboxylic acid groups (broad SMARTS) is 1. The fourth-order valence-electron chi connectivity index (χ4n) is 3.25. The molecule has 11 heteroatoms. The summed E-state index contributed by atoms with van der Waals surface area (Å²) < 4.78 is 5.43. The zero-order chi connectivity index (χ0) is 22.6. The number of aryl methyl sites for hydroxylation is 1. The van der Waals surface area contributed by atoms with E-state index >= 15 is 0 Å². The zero-order valence-electron chi connectivity index (χ0n) is 17.6. The summed E-state index contributed by atoms with van der Waals surface area (Å²) in [5.41, 5.74) is 7.28. The zero-order valence-corrected chi connectivity index (χ0v) is 17.6. The van der Waals surface area contributed by atoms with Gasteiger partial charge in [-0.1, -0.05) is 13.8 Å². The van der Waals surface area contributed by atoms with Crippen LogP contribution in [0.3, 0.4) is 0 Å². The maximum Gasteiger partial charge on any atom is 0.329 e. The van der Waals surface area contributed by atoms with Gasteiger partial charge in [0.25, 0.3) is 0 Å². The first kappa shape index (κ1) is 22.8. The summed E-state index contributed by atoms with van der Waals surface area (Å²) in [7, 11) is 1.53. The summed E-state index contributed by atoms with van der Waals surface area (Å²) in [6.45, 7) is 7.34. The Morgan fingerprint density at radius 2 is 2.00 bits per heavy atom. The Hall–Kier alpha value is -3.50. The summed E-state index contributed by atoms with van der Waals surface area (Å²) in [5.74, 6) is -0.866. The second-order valence-corrected chi connectivity index (χ2v) is 7.35. The highest BCUT2D eigenvalue weighted by molar-refractivity contribution is 5.79. The minimum absolute atomic E-state index is 0.00782. The van der Waals surface area contributed by atoms with Crippen LogP contribution in [0.15, 0.2) is 12.4 Å². The molecule has 0 saturated carbocycles. The lowest BCUT2D eigenvalue weighted by molar-refractivity contribution is -0.384. The smallest absolute Gasteiger partial charge is 0.329 e. The Morgan fingerprint density at radius 1 is 1.33 bits per heavy atom. The molecule has 0 radical (unpaired) electrons. The molecular formula is C19H26N6O5. The van der Waals surface area contributed by atoms with Crippen molar-refractivity contribution >= 4 is 23.4 Å². The number of carbonyl (C=O) groups is 1. The lowest BCUT2D eigenvalue weighted by Crippen LogP contribution is -2.43. The largest absolute Gasteiger partial charge is 0.496 e. The minimum atomic E-state index is -1.13. The molecule has 162 valence electrons. The highest BCUT2D eigenvalue weighted by Crippen LogP contribution is 2.32. The van der Waals surface area contributed by atoms with Crippen molar-refractivity contribution in [1.29, 1.82) is 0 Å². The number of rotatable bonds is 9. The third kappa shape index (κ3) is 4.91. The molecule has 2 rings (SSSR count). The number of aliphatic carboxylic acids is 1. The summed E-state index contributed by atoms with van der Waals surface area (Å²) in [5, 5.41) is 21.5. The highest BCUT2D eigenvalue weighted by atomic mass is 16.6. The SMILES string of the molecule is COc1c(C)cnc(CN(c2nc(N)ncc2[N+](=O)[O-])[C@H](CC(C)C)C(=O)O)c1C. The number of carboxylic acids is 1. The van der Waals surface area contributed by atoms with Gasteiger partial charge in [-0.2, -0.15) is 4.98 Å². The van der Waals surface area contributed by atoms with Crippen molar-refractivity contribution in [3.8, 4) is 5.75 Å². The molecule has 30 heavy (non-hydrogen) atoms. The van der Waals surface area contributed by atoms with Gasteiger partial charge in [0.15, 0.2) is 0 Å². The number of nitrogens with zero attached hydrogens (tertiary/aromatic N) is 5. The molecule has 0 fully saturated rings. The summed E-state index contributed by atoms with van der Waals surface area (Å²) >= 11 is 0. The first-order valence-corrected chi connectivity index (χ1v) is 9.32. The van der Waals surface area contributed by atoms with E-state index in [1.165, 1.54) is 12.0 Å². The van der Waals surface area contributed by atoms with Crippen LogP contribution in [0.1, 0.15) is 37.1 Å². The average molecular weight is 418 g/mol. The van der Waals surface area contributed by atoms with E-state index in [1.807, 2.05) is 20.8 Å². The minimum Gasteiger partial charge on any atom is -0.496 e. The fraction of sp³-hybridized carbons (Fsp3) is 0.474. The molecule has 0 aliphatic carbocycles. The molecule has 1 atom stereocenters. The molecule has 0 spiro atoms. The van der Waals surface area contributed by atoms with Crippen molar-refractivity contribution in [2.24, 2.45) is 5.92 Å². The number of ether oxygens (including phenoxy) is 1. The van der Waals surface area contributed by atoms with Gasteiger partial charge < -0.3 is 20.5 Å². The Labute approximate surface area is 174 Å². The molecule has 0 amide bonds. The van der Waals surface area contributed by atoms with Crippen molar-refractivity contribution in [3.05, 3.63) is 39.3 Å². The maximum absolute atomic E-state index is 12.1. The van der Waals surface area contributed by atoms with Crippen LogP contribution in [0.4, 0.5) is 17.5 Å². The first-order chi connectivity index (χ1) is 14.1. The van der Waals surface area contributed by atoms with E-state index in [-0.39, 0.29) is 30.6 Å². The number of nitrogens with two attached hydrogens (primary N) is 1. The van der Waals surface area contributed by atoms with Crippen LogP contribution in [0.25, 0.3) is 0 Å². The van der Waals surface area contributed by atoms with Gasteiger partial charge in [0.2, 0.25) is 11.8 Å². The molecular weight excluding hydrogens is 392 g/mol. The van der Waals surface area contributed by atoms with Crippen LogP contribution in [-0.2, 0) is 11.3 Å². The van der Waals surface area contributed by atoms with Gasteiger partial charge in [-0.25, -0.2) is 9.78 Å². The number of hydrogen-bond donors (Lipinski definition) is 2. The number of nitro groups is 1. The predicted octanol–water partition coefficient (Wildman–Crippen LogP) is 2.49. The van der Waals surface area contributed by atoms with Crippen molar-refractivity contribution in [2.45, 2.75) is 46.7 Å². The lowest BCUT2D eigenvalue weighted by atomic mass is 10.0. The van der Waals surface area contributed by atoms with Gasteiger partial charge in [0.05, 0.1) is 24.3 Å². The number of nitrogen functional groups attached to an aromatic ring is 1. The van der Waals surface area contributed by atoms with Crippen LogP contribution >= 0.6 is 0 Å². The van der Waals surface area contributed by atoms with Crippen molar-refractivity contribution < 1.29 is 19.6 Å². The Bertz CT molecular complexity index is 949. The quantitative estimate of drug-likeness (QED) is 0.458. The molecule has 0 saturated heterocycles. The van der Waals surface area contributed by atoms with E-state index in [9.17, 15) is 20.0 Å². The van der Waals surface area contributed by atoms with Crippen molar-refractivity contribution in [2.75, 3.05) is 17.7 Å². The van der Waals surface area contributed by atoms with E-state index in [4.69, 9.17) is 10.5 Å². The first-order valence-electron chi connectivity index (χ1n) is 9.32. The molecule has 0 aliphatic rings. The van der Waals surface area contributed by atoms with Gasteiger partial charge >= 0.3 is 11.7 Å². The number of hydrogen-bond acceptors (Lipinski definition) is 9. The van der Waals surface area contributed by atoms with Crippen LogP contribution in [0.2, 0.25) is 0 Å². The number of aromatic nitrogens is 3. The molecule has 0 aliphatic heterocycles. The molecule has 3 N–H and O–H groups in total. The van der Waals surface area contributed by atoms with Gasteiger partial charge in [-0.15, -0.1) is 0 Å². The van der Waals surface area contributed by atoms with Crippen molar-refractivity contribution in [1.82, 2.24) is 15.0 Å². The van der Waals surface area contributed by atoms with E-state index in [1.54, 1.807) is 13.1 Å². The second kappa shape index (κ2) is 9.33. The van der Waals surface area contributed by atoms with E-state index in [2.05, 4.69) is 15.0 Å². The Balaban J connectivity index is 2.68. The summed E-state index contributed by atoms with van der Waals surface area (Å²) in [4.78, 5) is 36.5. The maximum atomic E-state index is 12.1. The molecule has 2 heterocycles. The van der Waals surface area contributed by atoms with Gasteiger partial charge in [-0.3, -0.25) is 15.1 Å². The predicted molar refractivity (Wildman–Crippen MR) is 110 cm³/mol. The van der Waals surface area contributed by atoms with Gasteiger partial charge in [0.1, 0.15) is 18.0 Å². The number of anilines is 2. The Kier molecular flexibility index (Phi) is 7.09. The third-order valence-corrected chi connectivity index (χ3v) is 4.66. The van der Waals surface area contributed by atoms with Crippen LogP contribution in [0, 0.1) is 29.9 Å². The normalized spacial score (nSPS) is 11.9. The summed E-state index contributed by atoms with van der Waals surface area (Å²) in [6.07, 6.45) is 2.83. The summed E-state index contributed by atoms with van der Waals surface area (Å²) in [6, 6.07) is -1.09. The van der Waals surface area contributed by atoms with Crippen molar-refractivity contribution in [3.63, 3.8) is 0 Å². The molecule has 0 aromatic carbocycles. The highest BCUT2D eigenvalue weighted by Gasteiger charge is 2.34. The topological polar surface area (TPSA) is 158 Å². The van der Waals surface area contributed by atoms with E-state index < -0.39 is 22.6 Å². The molecule has 0 bridgehead atoms. The monoisotopic (exact) mass is 418 g/mol. The standard InChI is InChI=1S/C19H26N6O5/c1-10(2)6-14(18(26)27)24(17-15(25(28)29)8-22-19(20)23-17)9-13-12(4)16(30-5)11(3)7-21-13/h7-8,10,14H,6,9H2,1-5H3,(H,26,27)(H2,20,22,23)/t14-/m1/s1. The van der Waals surface area contributed by atoms with E-state index in [0.29, 0.717) is 17.0 Å². The lowest BCUT2D eigenvalue weighted by Gasteiger charge is -2.31. The average Bonchev–Trinajstić information content (AvgIpc) is 2.65. The fourth-order valence-corrected chi connectivity index (χ4v) is 3.25. The molecule has 0 unspecified atom stereocenters.